The van der Waals surface area contributed by atoms with Crippen molar-refractivity contribution in [3.63, 3.8) is 0 Å². The van der Waals surface area contributed by atoms with Crippen LogP contribution in [0.5, 0.6) is 0 Å². The highest BCUT2D eigenvalue weighted by Gasteiger charge is 2.17. The van der Waals surface area contributed by atoms with Gasteiger partial charge in [0.25, 0.3) is 0 Å². The predicted octanol–water partition coefficient (Wildman–Crippen LogP) is 2.94. The van der Waals surface area contributed by atoms with Gasteiger partial charge in [-0.3, -0.25) is 0 Å². The minimum Gasteiger partial charge on any atom is -0.476 e. The molecule has 0 amide bonds. The summed E-state index contributed by atoms with van der Waals surface area (Å²) < 4.78 is 18.6. The first-order valence-corrected chi connectivity index (χ1v) is 5.00. The second-order valence-electron chi connectivity index (χ2n) is 2.99. The van der Waals surface area contributed by atoms with Gasteiger partial charge < -0.3 is 9.52 Å². The molecule has 6 heteroatoms. The number of benzene rings is 1. The van der Waals surface area contributed by atoms with Crippen LogP contribution in [-0.4, -0.2) is 16.1 Å². The van der Waals surface area contributed by atoms with Gasteiger partial charge in [0.15, 0.2) is 17.8 Å². The molecule has 1 aromatic carbocycles. The first-order valence-electron chi connectivity index (χ1n) is 4.21. The zero-order valence-electron chi connectivity index (χ0n) is 7.78. The van der Waals surface area contributed by atoms with Gasteiger partial charge in [-0.25, -0.2) is 14.2 Å². The van der Waals surface area contributed by atoms with Crippen molar-refractivity contribution in [2.24, 2.45) is 0 Å². The number of hydrogen-bond acceptors (Lipinski definition) is 3. The van der Waals surface area contributed by atoms with Gasteiger partial charge in [0, 0.05) is 10.0 Å². The summed E-state index contributed by atoms with van der Waals surface area (Å²) in [6, 6.07) is 3.99. The number of carboxylic acids is 1. The highest BCUT2D eigenvalue weighted by Crippen LogP contribution is 2.27. The molecule has 0 saturated carbocycles. The highest BCUT2D eigenvalue weighted by atomic mass is 79.9. The van der Waals surface area contributed by atoms with E-state index in [9.17, 15) is 9.18 Å². The number of aromatic nitrogens is 1. The fraction of sp³-hybridized carbons (Fsp3) is 0. The SMILES string of the molecule is O=C(O)c1ncoc1-c1cc(F)cc(Br)c1. The van der Waals surface area contributed by atoms with Gasteiger partial charge in [0.05, 0.1) is 0 Å². The van der Waals surface area contributed by atoms with Gasteiger partial charge in [-0.05, 0) is 18.2 Å². The Hall–Kier alpha value is -1.69. The zero-order valence-corrected chi connectivity index (χ0v) is 9.36. The molecule has 0 unspecified atom stereocenters. The van der Waals surface area contributed by atoms with E-state index < -0.39 is 11.8 Å². The Kier molecular flexibility index (Phi) is 2.74. The normalized spacial score (nSPS) is 10.4. The fourth-order valence-corrected chi connectivity index (χ4v) is 1.75. The Morgan fingerprint density at radius 3 is 2.81 bits per heavy atom. The van der Waals surface area contributed by atoms with E-state index in [2.05, 4.69) is 20.9 Å². The quantitative estimate of drug-likeness (QED) is 0.921. The number of halogens is 2. The van der Waals surface area contributed by atoms with Gasteiger partial charge in [0.2, 0.25) is 0 Å². The number of oxazole rings is 1. The molecule has 82 valence electrons. The van der Waals surface area contributed by atoms with Crippen molar-refractivity contribution in [1.29, 1.82) is 0 Å². The van der Waals surface area contributed by atoms with Crippen LogP contribution in [0.1, 0.15) is 10.5 Å². The van der Waals surface area contributed by atoms with E-state index in [-0.39, 0.29) is 11.5 Å². The van der Waals surface area contributed by atoms with Crippen LogP contribution < -0.4 is 0 Å². The third-order valence-corrected chi connectivity index (χ3v) is 2.35. The van der Waals surface area contributed by atoms with E-state index in [1.54, 1.807) is 6.07 Å². The molecule has 0 bridgehead atoms. The van der Waals surface area contributed by atoms with Crippen LogP contribution in [-0.2, 0) is 0 Å². The number of rotatable bonds is 2. The molecule has 0 aliphatic rings. The van der Waals surface area contributed by atoms with Crippen LogP contribution in [0.25, 0.3) is 11.3 Å². The molecule has 0 spiro atoms. The Bertz CT molecular complexity index is 532. The van der Waals surface area contributed by atoms with Crippen molar-refractivity contribution < 1.29 is 18.7 Å². The molecule has 1 heterocycles. The topological polar surface area (TPSA) is 63.3 Å². The third kappa shape index (κ3) is 1.96. The molecule has 0 saturated heterocycles. The van der Waals surface area contributed by atoms with Crippen LogP contribution in [0.3, 0.4) is 0 Å². The summed E-state index contributed by atoms with van der Waals surface area (Å²) in [5.74, 6) is -1.67. The van der Waals surface area contributed by atoms with Gasteiger partial charge in [-0.1, -0.05) is 15.9 Å². The summed E-state index contributed by atoms with van der Waals surface area (Å²) in [7, 11) is 0. The molecule has 0 aliphatic heterocycles. The van der Waals surface area contributed by atoms with E-state index in [1.807, 2.05) is 0 Å². The molecule has 0 radical (unpaired) electrons. The van der Waals surface area contributed by atoms with Crippen molar-refractivity contribution in [1.82, 2.24) is 4.98 Å². The van der Waals surface area contributed by atoms with E-state index >= 15 is 0 Å². The van der Waals surface area contributed by atoms with Crippen LogP contribution in [0, 0.1) is 5.82 Å². The molecule has 1 aromatic heterocycles. The molecular formula is C10H5BrFNO3. The predicted molar refractivity (Wildman–Crippen MR) is 56.6 cm³/mol. The van der Waals surface area contributed by atoms with E-state index in [4.69, 9.17) is 9.52 Å². The summed E-state index contributed by atoms with van der Waals surface area (Å²) in [5.41, 5.74) is 0.0827. The lowest BCUT2D eigenvalue weighted by Gasteiger charge is -1.99. The summed E-state index contributed by atoms with van der Waals surface area (Å²) in [5, 5.41) is 8.83. The van der Waals surface area contributed by atoms with Crippen LogP contribution in [0.15, 0.2) is 33.5 Å². The summed E-state index contributed by atoms with van der Waals surface area (Å²) in [4.78, 5) is 14.3. The second-order valence-corrected chi connectivity index (χ2v) is 3.91. The van der Waals surface area contributed by atoms with E-state index in [1.165, 1.54) is 12.1 Å². The molecule has 16 heavy (non-hydrogen) atoms. The molecule has 0 aliphatic carbocycles. The van der Waals surface area contributed by atoms with Gasteiger partial charge in [-0.2, -0.15) is 0 Å². The van der Waals surface area contributed by atoms with Crippen molar-refractivity contribution in [3.05, 3.63) is 40.6 Å². The van der Waals surface area contributed by atoms with Gasteiger partial charge in [-0.15, -0.1) is 0 Å². The Morgan fingerprint density at radius 1 is 1.44 bits per heavy atom. The second kappa shape index (κ2) is 4.05. The van der Waals surface area contributed by atoms with Crippen molar-refractivity contribution in [2.75, 3.05) is 0 Å². The van der Waals surface area contributed by atoms with E-state index in [0.717, 1.165) is 6.39 Å². The molecule has 2 aromatic rings. The van der Waals surface area contributed by atoms with Crippen LogP contribution in [0.2, 0.25) is 0 Å². The Balaban J connectivity index is 2.58. The van der Waals surface area contributed by atoms with Crippen molar-refractivity contribution in [3.8, 4) is 11.3 Å². The minimum atomic E-state index is -1.22. The van der Waals surface area contributed by atoms with Gasteiger partial charge >= 0.3 is 5.97 Å². The standard InChI is InChI=1S/C10H5BrFNO3/c11-6-1-5(2-7(12)3-6)9-8(10(14)15)13-4-16-9/h1-4H,(H,14,15). The molecule has 1 N–H and O–H groups in total. The number of aromatic carboxylic acids is 1. The lowest BCUT2D eigenvalue weighted by atomic mass is 10.1. The Morgan fingerprint density at radius 2 is 2.19 bits per heavy atom. The maximum absolute atomic E-state index is 13.1. The summed E-state index contributed by atoms with van der Waals surface area (Å²) in [6.45, 7) is 0. The molecular weight excluding hydrogens is 281 g/mol. The van der Waals surface area contributed by atoms with Gasteiger partial charge in [0.1, 0.15) is 5.82 Å². The number of carbonyl (C=O) groups is 1. The zero-order chi connectivity index (χ0) is 11.7. The number of nitrogens with zero attached hydrogens (tertiary/aromatic N) is 1. The first-order chi connectivity index (χ1) is 7.58. The maximum atomic E-state index is 13.1. The monoisotopic (exact) mass is 285 g/mol. The number of hydrogen-bond donors (Lipinski definition) is 1. The average Bonchev–Trinajstić information content (AvgIpc) is 2.63. The molecule has 4 nitrogen and oxygen atoms in total. The minimum absolute atomic E-state index is 0.0349. The van der Waals surface area contributed by atoms with Crippen LogP contribution in [0.4, 0.5) is 4.39 Å². The van der Waals surface area contributed by atoms with Crippen molar-refractivity contribution in [2.45, 2.75) is 0 Å². The Labute approximate surface area is 97.9 Å². The maximum Gasteiger partial charge on any atom is 0.358 e. The number of carboxylic acid groups (broad SMARTS) is 1. The first kappa shape index (κ1) is 10.8. The lowest BCUT2D eigenvalue weighted by molar-refractivity contribution is 0.0691. The molecule has 2 rings (SSSR count). The van der Waals surface area contributed by atoms with E-state index in [0.29, 0.717) is 10.0 Å². The molecule has 0 fully saturated rings. The summed E-state index contributed by atoms with van der Waals surface area (Å²) in [6.07, 6.45) is 1.01. The largest absolute Gasteiger partial charge is 0.476 e. The van der Waals surface area contributed by atoms with Crippen molar-refractivity contribution >= 4 is 21.9 Å². The average molecular weight is 286 g/mol. The molecule has 0 atom stereocenters. The summed E-state index contributed by atoms with van der Waals surface area (Å²) >= 11 is 3.11. The highest BCUT2D eigenvalue weighted by molar-refractivity contribution is 9.10. The third-order valence-electron chi connectivity index (χ3n) is 1.89. The lowest BCUT2D eigenvalue weighted by Crippen LogP contribution is -1.98. The van der Waals surface area contributed by atoms with Crippen LogP contribution >= 0.6 is 15.9 Å². The smallest absolute Gasteiger partial charge is 0.358 e. The fourth-order valence-electron chi connectivity index (χ4n) is 1.29.